The zero-order chi connectivity index (χ0) is 20.6. The topological polar surface area (TPSA) is 99.7 Å². The standard InChI is InChI=1S/C20H32N4O3S.HI/c1-4-21-20(23-15(2)11-12-28(3,26)27)22-14-16-7-5-10-18(13-16)24-19(25)17-8-6-9-17;/h5,7,10,13,15,17H,4,6,8-9,11-12,14H2,1-3H3,(H,24,25)(H2,21,22,23);1H. The van der Waals surface area contributed by atoms with Crippen LogP contribution in [0.5, 0.6) is 0 Å². The molecule has 9 heteroatoms. The molecule has 1 aliphatic carbocycles. The number of halogens is 1. The summed E-state index contributed by atoms with van der Waals surface area (Å²) < 4.78 is 22.7. The van der Waals surface area contributed by atoms with Crippen LogP contribution in [0.25, 0.3) is 0 Å². The normalized spacial score (nSPS) is 15.6. The van der Waals surface area contributed by atoms with Crippen molar-refractivity contribution in [3.8, 4) is 0 Å². The summed E-state index contributed by atoms with van der Waals surface area (Å²) in [5.41, 5.74) is 1.79. The molecule has 1 amide bonds. The molecule has 0 heterocycles. The van der Waals surface area contributed by atoms with Gasteiger partial charge in [-0.2, -0.15) is 0 Å². The maximum absolute atomic E-state index is 12.1. The van der Waals surface area contributed by atoms with E-state index in [1.54, 1.807) is 0 Å². The van der Waals surface area contributed by atoms with Gasteiger partial charge in [0.2, 0.25) is 5.91 Å². The predicted molar refractivity (Wildman–Crippen MR) is 130 cm³/mol. The Morgan fingerprint density at radius 1 is 1.31 bits per heavy atom. The number of aliphatic imine (C=N–C) groups is 1. The number of amides is 1. The largest absolute Gasteiger partial charge is 0.357 e. The number of guanidine groups is 1. The lowest BCUT2D eigenvalue weighted by molar-refractivity contribution is -0.122. The van der Waals surface area contributed by atoms with Crippen LogP contribution in [0, 0.1) is 5.92 Å². The van der Waals surface area contributed by atoms with Crippen molar-refractivity contribution in [3.63, 3.8) is 0 Å². The van der Waals surface area contributed by atoms with Gasteiger partial charge in [0.15, 0.2) is 5.96 Å². The van der Waals surface area contributed by atoms with Gasteiger partial charge < -0.3 is 16.0 Å². The van der Waals surface area contributed by atoms with E-state index in [9.17, 15) is 13.2 Å². The third-order valence-corrected chi connectivity index (χ3v) is 5.72. The zero-order valence-corrected chi connectivity index (χ0v) is 20.5. The van der Waals surface area contributed by atoms with Gasteiger partial charge in [-0.25, -0.2) is 13.4 Å². The number of carbonyl (C=O) groups is 1. The van der Waals surface area contributed by atoms with Gasteiger partial charge in [0.1, 0.15) is 9.84 Å². The van der Waals surface area contributed by atoms with E-state index >= 15 is 0 Å². The van der Waals surface area contributed by atoms with Crippen molar-refractivity contribution in [1.82, 2.24) is 10.6 Å². The van der Waals surface area contributed by atoms with E-state index in [1.165, 1.54) is 6.26 Å². The van der Waals surface area contributed by atoms with Crippen molar-refractivity contribution < 1.29 is 13.2 Å². The molecule has 1 aromatic carbocycles. The fourth-order valence-electron chi connectivity index (χ4n) is 2.85. The fraction of sp³-hybridized carbons (Fsp3) is 0.600. The molecule has 164 valence electrons. The molecule has 1 aliphatic rings. The van der Waals surface area contributed by atoms with Crippen LogP contribution in [0.2, 0.25) is 0 Å². The van der Waals surface area contributed by atoms with Crippen molar-refractivity contribution in [1.29, 1.82) is 0 Å². The second-order valence-corrected chi connectivity index (χ2v) is 9.74. The Bertz CT molecular complexity index is 795. The molecular weight excluding hydrogens is 503 g/mol. The van der Waals surface area contributed by atoms with Gasteiger partial charge in [0.25, 0.3) is 0 Å². The Hall–Kier alpha value is -1.36. The van der Waals surface area contributed by atoms with E-state index in [0.29, 0.717) is 25.5 Å². The summed E-state index contributed by atoms with van der Waals surface area (Å²) in [5, 5.41) is 9.40. The molecule has 3 N–H and O–H groups in total. The average molecular weight is 536 g/mol. The second kappa shape index (κ2) is 12.4. The van der Waals surface area contributed by atoms with Gasteiger partial charge in [-0.05, 0) is 50.8 Å². The monoisotopic (exact) mass is 536 g/mol. The van der Waals surface area contributed by atoms with Crippen LogP contribution in [0.15, 0.2) is 29.3 Å². The minimum Gasteiger partial charge on any atom is -0.357 e. The number of hydrogen-bond acceptors (Lipinski definition) is 4. The SMILES string of the molecule is CCNC(=NCc1cccc(NC(=O)C2CCC2)c1)NC(C)CCS(C)(=O)=O.I. The first-order chi connectivity index (χ1) is 13.3. The molecule has 0 radical (unpaired) electrons. The zero-order valence-electron chi connectivity index (χ0n) is 17.4. The summed E-state index contributed by atoms with van der Waals surface area (Å²) in [6.45, 7) is 5.09. The molecule has 0 aliphatic heterocycles. The quantitative estimate of drug-likeness (QED) is 0.256. The van der Waals surface area contributed by atoms with Crippen LogP contribution in [0.1, 0.15) is 45.1 Å². The molecule has 2 rings (SSSR count). The van der Waals surface area contributed by atoms with Gasteiger partial charge in [-0.3, -0.25) is 4.79 Å². The van der Waals surface area contributed by atoms with Crippen molar-refractivity contribution >= 4 is 51.4 Å². The third kappa shape index (κ3) is 9.79. The first kappa shape index (κ1) is 25.7. The van der Waals surface area contributed by atoms with Crippen LogP contribution in [-0.4, -0.2) is 44.9 Å². The van der Waals surface area contributed by atoms with Crippen LogP contribution in [0.4, 0.5) is 5.69 Å². The molecule has 1 fully saturated rings. The average Bonchev–Trinajstić information content (AvgIpc) is 2.56. The molecule has 0 spiro atoms. The Morgan fingerprint density at radius 2 is 2.03 bits per heavy atom. The molecule has 1 aromatic rings. The molecule has 1 unspecified atom stereocenters. The lowest BCUT2D eigenvalue weighted by Crippen LogP contribution is -2.42. The molecule has 0 bridgehead atoms. The highest BCUT2D eigenvalue weighted by atomic mass is 127. The minimum atomic E-state index is -2.98. The number of nitrogens with one attached hydrogen (secondary N) is 3. The molecular formula is C20H33IN4O3S. The Kier molecular flexibility index (Phi) is 10.9. The van der Waals surface area contributed by atoms with Gasteiger partial charge in [0.05, 0.1) is 12.3 Å². The first-order valence-corrected chi connectivity index (χ1v) is 11.9. The molecule has 7 nitrogen and oxygen atoms in total. The van der Waals surface area contributed by atoms with E-state index < -0.39 is 9.84 Å². The fourth-order valence-corrected chi connectivity index (χ4v) is 3.63. The lowest BCUT2D eigenvalue weighted by atomic mass is 9.85. The van der Waals surface area contributed by atoms with Gasteiger partial charge in [-0.15, -0.1) is 24.0 Å². The summed E-state index contributed by atoms with van der Waals surface area (Å²) in [6, 6.07) is 7.70. The molecule has 1 atom stereocenters. The van der Waals surface area contributed by atoms with Crippen molar-refractivity contribution in [3.05, 3.63) is 29.8 Å². The van der Waals surface area contributed by atoms with E-state index in [1.807, 2.05) is 38.1 Å². The van der Waals surface area contributed by atoms with Crippen LogP contribution in [0.3, 0.4) is 0 Å². The van der Waals surface area contributed by atoms with Crippen LogP contribution >= 0.6 is 24.0 Å². The number of carbonyl (C=O) groups excluding carboxylic acids is 1. The Balaban J connectivity index is 0.00000420. The number of hydrogen-bond donors (Lipinski definition) is 3. The summed E-state index contributed by atoms with van der Waals surface area (Å²) in [7, 11) is -2.98. The van der Waals surface area contributed by atoms with E-state index in [2.05, 4.69) is 20.9 Å². The highest BCUT2D eigenvalue weighted by Gasteiger charge is 2.25. The molecule has 29 heavy (non-hydrogen) atoms. The number of rotatable bonds is 9. The van der Waals surface area contributed by atoms with E-state index in [-0.39, 0.29) is 47.6 Å². The number of anilines is 1. The summed E-state index contributed by atoms with van der Waals surface area (Å²) in [6.07, 6.45) is 4.85. The first-order valence-electron chi connectivity index (χ1n) is 9.89. The van der Waals surface area contributed by atoms with Crippen molar-refractivity contribution in [2.75, 3.05) is 23.9 Å². The number of sulfone groups is 1. The second-order valence-electron chi connectivity index (χ2n) is 7.48. The Morgan fingerprint density at radius 3 is 2.62 bits per heavy atom. The van der Waals surface area contributed by atoms with E-state index in [4.69, 9.17) is 0 Å². The van der Waals surface area contributed by atoms with Crippen LogP contribution in [-0.2, 0) is 21.2 Å². The van der Waals surface area contributed by atoms with Crippen molar-refractivity contribution in [2.24, 2.45) is 10.9 Å². The molecule has 1 saturated carbocycles. The number of benzene rings is 1. The summed E-state index contributed by atoms with van der Waals surface area (Å²) >= 11 is 0. The Labute approximate surface area is 191 Å². The van der Waals surface area contributed by atoms with E-state index in [0.717, 1.165) is 30.5 Å². The van der Waals surface area contributed by atoms with Crippen LogP contribution < -0.4 is 16.0 Å². The maximum Gasteiger partial charge on any atom is 0.227 e. The highest BCUT2D eigenvalue weighted by Crippen LogP contribution is 2.27. The minimum absolute atomic E-state index is 0. The predicted octanol–water partition coefficient (Wildman–Crippen LogP) is 2.92. The smallest absolute Gasteiger partial charge is 0.227 e. The summed E-state index contributed by atoms with van der Waals surface area (Å²) in [4.78, 5) is 16.7. The molecule has 0 aromatic heterocycles. The highest BCUT2D eigenvalue weighted by molar-refractivity contribution is 14.0. The molecule has 0 saturated heterocycles. The van der Waals surface area contributed by atoms with Gasteiger partial charge in [0, 0.05) is 30.4 Å². The lowest BCUT2D eigenvalue weighted by Gasteiger charge is -2.24. The van der Waals surface area contributed by atoms with Gasteiger partial charge >= 0.3 is 0 Å². The van der Waals surface area contributed by atoms with Crippen molar-refractivity contribution in [2.45, 2.75) is 52.1 Å². The third-order valence-electron chi connectivity index (χ3n) is 4.74. The maximum atomic E-state index is 12.1. The summed E-state index contributed by atoms with van der Waals surface area (Å²) in [5.74, 6) is 1.04. The number of nitrogens with zero attached hydrogens (tertiary/aromatic N) is 1. The van der Waals surface area contributed by atoms with Gasteiger partial charge in [-0.1, -0.05) is 18.6 Å².